The second-order valence-corrected chi connectivity index (χ2v) is 6.50. The van der Waals surface area contributed by atoms with Crippen LogP contribution in [-0.4, -0.2) is 0 Å². The number of hydrogen-bond acceptors (Lipinski definition) is 2. The fourth-order valence-electron chi connectivity index (χ4n) is 2.73. The first-order valence-electron chi connectivity index (χ1n) is 8.04. The van der Waals surface area contributed by atoms with E-state index >= 15 is 0 Å². The van der Waals surface area contributed by atoms with Crippen LogP contribution in [0.25, 0.3) is 0 Å². The Bertz CT molecular complexity index is 557. The van der Waals surface area contributed by atoms with Crippen molar-refractivity contribution in [3.8, 4) is 0 Å². The summed E-state index contributed by atoms with van der Waals surface area (Å²) in [5.74, 6) is 0.610. The van der Waals surface area contributed by atoms with Crippen molar-refractivity contribution in [2.75, 3.05) is 0 Å². The number of rotatable bonds is 7. The SMILES string of the molecule is Cc1cc(C)cc(C(CC(C)C)NOCc2ccccc2)c1. The highest BCUT2D eigenvalue weighted by atomic mass is 16.6. The van der Waals surface area contributed by atoms with Gasteiger partial charge in [-0.2, -0.15) is 5.48 Å². The molecule has 2 heteroatoms. The molecule has 0 spiro atoms. The molecule has 1 unspecified atom stereocenters. The molecule has 1 atom stereocenters. The Balaban J connectivity index is 2.02. The zero-order valence-electron chi connectivity index (χ0n) is 14.1. The highest BCUT2D eigenvalue weighted by Gasteiger charge is 2.14. The molecule has 0 aliphatic carbocycles. The van der Waals surface area contributed by atoms with Gasteiger partial charge < -0.3 is 0 Å². The predicted molar refractivity (Wildman–Crippen MR) is 92.5 cm³/mol. The summed E-state index contributed by atoms with van der Waals surface area (Å²) in [5, 5.41) is 0. The number of nitrogens with one attached hydrogen (secondary N) is 1. The molecule has 0 saturated heterocycles. The van der Waals surface area contributed by atoms with Crippen LogP contribution in [0.15, 0.2) is 48.5 Å². The van der Waals surface area contributed by atoms with Gasteiger partial charge in [-0.15, -0.1) is 0 Å². The van der Waals surface area contributed by atoms with E-state index in [1.165, 1.54) is 22.3 Å². The summed E-state index contributed by atoms with van der Waals surface area (Å²) in [6, 6.07) is 17.2. The molecule has 0 aliphatic rings. The van der Waals surface area contributed by atoms with Gasteiger partial charge in [0.1, 0.15) is 0 Å². The Morgan fingerprint density at radius 1 is 0.955 bits per heavy atom. The zero-order chi connectivity index (χ0) is 15.9. The van der Waals surface area contributed by atoms with E-state index in [0.717, 1.165) is 6.42 Å². The molecule has 0 heterocycles. The lowest BCUT2D eigenvalue weighted by Gasteiger charge is -2.22. The summed E-state index contributed by atoms with van der Waals surface area (Å²) in [6.45, 7) is 9.37. The molecule has 0 saturated carbocycles. The van der Waals surface area contributed by atoms with Crippen molar-refractivity contribution in [1.82, 2.24) is 5.48 Å². The molecule has 0 fully saturated rings. The minimum Gasteiger partial charge on any atom is -0.296 e. The summed E-state index contributed by atoms with van der Waals surface area (Å²) in [5.41, 5.74) is 8.35. The Hall–Kier alpha value is -1.64. The maximum Gasteiger partial charge on any atom is 0.0933 e. The van der Waals surface area contributed by atoms with E-state index in [4.69, 9.17) is 4.84 Å². The van der Waals surface area contributed by atoms with Crippen LogP contribution in [0.4, 0.5) is 0 Å². The molecule has 2 rings (SSSR count). The van der Waals surface area contributed by atoms with Crippen molar-refractivity contribution >= 4 is 0 Å². The molecular formula is C20H27NO. The van der Waals surface area contributed by atoms with E-state index in [9.17, 15) is 0 Å². The summed E-state index contributed by atoms with van der Waals surface area (Å²) >= 11 is 0. The largest absolute Gasteiger partial charge is 0.296 e. The van der Waals surface area contributed by atoms with Crippen LogP contribution in [0.5, 0.6) is 0 Å². The van der Waals surface area contributed by atoms with Crippen LogP contribution >= 0.6 is 0 Å². The van der Waals surface area contributed by atoms with Crippen LogP contribution in [0.2, 0.25) is 0 Å². The lowest BCUT2D eigenvalue weighted by molar-refractivity contribution is -0.00169. The van der Waals surface area contributed by atoms with Gasteiger partial charge in [-0.3, -0.25) is 4.84 Å². The highest BCUT2D eigenvalue weighted by Crippen LogP contribution is 2.23. The second kappa shape index (κ2) is 8.11. The molecule has 0 radical (unpaired) electrons. The highest BCUT2D eigenvalue weighted by molar-refractivity contribution is 5.30. The monoisotopic (exact) mass is 297 g/mol. The average Bonchev–Trinajstić information content (AvgIpc) is 2.46. The second-order valence-electron chi connectivity index (χ2n) is 6.50. The lowest BCUT2D eigenvalue weighted by atomic mass is 9.95. The molecule has 0 amide bonds. The summed E-state index contributed by atoms with van der Waals surface area (Å²) in [6.07, 6.45) is 1.05. The van der Waals surface area contributed by atoms with Crippen LogP contribution in [0.1, 0.15) is 48.6 Å². The Labute approximate surface area is 134 Å². The van der Waals surface area contributed by atoms with Gasteiger partial charge >= 0.3 is 0 Å². The molecule has 22 heavy (non-hydrogen) atoms. The fraction of sp³-hybridized carbons (Fsp3) is 0.400. The van der Waals surface area contributed by atoms with Gasteiger partial charge in [-0.1, -0.05) is 73.5 Å². The van der Waals surface area contributed by atoms with Gasteiger partial charge in [0.15, 0.2) is 0 Å². The van der Waals surface area contributed by atoms with Crippen LogP contribution in [-0.2, 0) is 11.4 Å². The Kier molecular flexibility index (Phi) is 6.17. The first-order chi connectivity index (χ1) is 10.5. The van der Waals surface area contributed by atoms with Gasteiger partial charge in [0.25, 0.3) is 0 Å². The third-order valence-electron chi connectivity index (χ3n) is 3.66. The lowest BCUT2D eigenvalue weighted by Crippen LogP contribution is -2.23. The van der Waals surface area contributed by atoms with Gasteiger partial charge in [0.05, 0.1) is 12.6 Å². The molecule has 0 bridgehead atoms. The van der Waals surface area contributed by atoms with Crippen LogP contribution < -0.4 is 5.48 Å². The number of aryl methyl sites for hydroxylation is 2. The van der Waals surface area contributed by atoms with Gasteiger partial charge in [0, 0.05) is 0 Å². The van der Waals surface area contributed by atoms with Crippen molar-refractivity contribution in [2.24, 2.45) is 5.92 Å². The number of benzene rings is 2. The molecular weight excluding hydrogens is 270 g/mol. The smallest absolute Gasteiger partial charge is 0.0933 e. The third kappa shape index (κ3) is 5.28. The summed E-state index contributed by atoms with van der Waals surface area (Å²) < 4.78 is 0. The van der Waals surface area contributed by atoms with Gasteiger partial charge in [-0.25, -0.2) is 0 Å². The molecule has 2 nitrogen and oxygen atoms in total. The Morgan fingerprint density at radius 2 is 1.59 bits per heavy atom. The standard InChI is InChI=1S/C20H27NO/c1-15(2)10-20(19-12-16(3)11-17(4)13-19)21-22-14-18-8-6-5-7-9-18/h5-9,11-13,15,20-21H,10,14H2,1-4H3. The van der Waals surface area contributed by atoms with E-state index in [1.807, 2.05) is 18.2 Å². The van der Waals surface area contributed by atoms with Gasteiger partial charge in [0.2, 0.25) is 0 Å². The zero-order valence-corrected chi connectivity index (χ0v) is 14.1. The van der Waals surface area contributed by atoms with Crippen molar-refractivity contribution in [3.63, 3.8) is 0 Å². The minimum absolute atomic E-state index is 0.224. The molecule has 2 aromatic carbocycles. The van der Waals surface area contributed by atoms with Crippen molar-refractivity contribution in [3.05, 3.63) is 70.8 Å². The normalized spacial score (nSPS) is 12.6. The van der Waals surface area contributed by atoms with Crippen molar-refractivity contribution in [1.29, 1.82) is 0 Å². The van der Waals surface area contributed by atoms with E-state index in [2.05, 4.69) is 63.5 Å². The summed E-state index contributed by atoms with van der Waals surface area (Å²) in [7, 11) is 0. The maximum absolute atomic E-state index is 5.77. The number of hydrogen-bond donors (Lipinski definition) is 1. The first kappa shape index (κ1) is 16.7. The van der Waals surface area contributed by atoms with E-state index in [0.29, 0.717) is 12.5 Å². The molecule has 118 valence electrons. The number of hydroxylamine groups is 1. The minimum atomic E-state index is 0.224. The third-order valence-corrected chi connectivity index (χ3v) is 3.66. The predicted octanol–water partition coefficient (Wildman–Crippen LogP) is 5.11. The van der Waals surface area contributed by atoms with Crippen LogP contribution in [0, 0.1) is 19.8 Å². The Morgan fingerprint density at radius 3 is 2.18 bits per heavy atom. The fourth-order valence-corrected chi connectivity index (χ4v) is 2.73. The summed E-state index contributed by atoms with van der Waals surface area (Å²) in [4.78, 5) is 5.77. The van der Waals surface area contributed by atoms with Crippen molar-refractivity contribution in [2.45, 2.75) is 46.8 Å². The molecule has 2 aromatic rings. The first-order valence-corrected chi connectivity index (χ1v) is 8.04. The molecule has 0 aromatic heterocycles. The van der Waals surface area contributed by atoms with Crippen LogP contribution in [0.3, 0.4) is 0 Å². The van der Waals surface area contributed by atoms with Gasteiger partial charge in [-0.05, 0) is 37.3 Å². The molecule has 0 aliphatic heterocycles. The van der Waals surface area contributed by atoms with E-state index in [1.54, 1.807) is 0 Å². The van der Waals surface area contributed by atoms with E-state index in [-0.39, 0.29) is 6.04 Å². The quantitative estimate of drug-likeness (QED) is 0.717. The van der Waals surface area contributed by atoms with Crippen molar-refractivity contribution < 1.29 is 4.84 Å². The average molecular weight is 297 g/mol. The molecule has 1 N–H and O–H groups in total. The maximum atomic E-state index is 5.77. The topological polar surface area (TPSA) is 21.3 Å². The van der Waals surface area contributed by atoms with E-state index < -0.39 is 0 Å².